The van der Waals surface area contributed by atoms with Crippen molar-refractivity contribution in [3.8, 4) is 17.6 Å². The van der Waals surface area contributed by atoms with Crippen molar-refractivity contribution in [3.05, 3.63) is 77.4 Å². The highest BCUT2D eigenvalue weighted by atomic mass is 16.5. The number of methoxy groups -OCH3 is 2. The number of carbonyl (C=O) groups excluding carboxylic acids is 1. The van der Waals surface area contributed by atoms with Gasteiger partial charge in [-0.1, -0.05) is 42.5 Å². The van der Waals surface area contributed by atoms with Crippen LogP contribution in [0.5, 0.6) is 11.5 Å². The summed E-state index contributed by atoms with van der Waals surface area (Å²) in [6.45, 7) is 0. The summed E-state index contributed by atoms with van der Waals surface area (Å²) < 4.78 is 10.4. The molecule has 0 bridgehead atoms. The summed E-state index contributed by atoms with van der Waals surface area (Å²) in [6.07, 6.45) is 4.94. The zero-order valence-electron chi connectivity index (χ0n) is 13.5. The van der Waals surface area contributed by atoms with Crippen LogP contribution < -0.4 is 9.47 Å². The topological polar surface area (TPSA) is 59.3 Å². The lowest BCUT2D eigenvalue weighted by Gasteiger charge is -2.03. The molecule has 4 heteroatoms. The third kappa shape index (κ3) is 4.11. The lowest BCUT2D eigenvalue weighted by atomic mass is 10.0. The van der Waals surface area contributed by atoms with Gasteiger partial charge >= 0.3 is 0 Å². The van der Waals surface area contributed by atoms with Crippen LogP contribution in [0.3, 0.4) is 0 Å². The number of ether oxygens (including phenoxy) is 2. The van der Waals surface area contributed by atoms with Crippen molar-refractivity contribution < 1.29 is 14.3 Å². The van der Waals surface area contributed by atoms with Gasteiger partial charge in [0.2, 0.25) is 5.78 Å². The van der Waals surface area contributed by atoms with Crippen LogP contribution >= 0.6 is 0 Å². The van der Waals surface area contributed by atoms with Crippen LogP contribution in [0.2, 0.25) is 0 Å². The van der Waals surface area contributed by atoms with Crippen molar-refractivity contribution in [2.75, 3.05) is 14.2 Å². The van der Waals surface area contributed by atoms with Gasteiger partial charge < -0.3 is 9.47 Å². The molecule has 2 aromatic rings. The number of nitriles is 1. The smallest absolute Gasteiger partial charge is 0.203 e. The first-order chi connectivity index (χ1) is 11.7. The Balaban J connectivity index is 2.24. The fourth-order valence-corrected chi connectivity index (χ4v) is 2.14. The van der Waals surface area contributed by atoms with E-state index in [1.54, 1.807) is 43.5 Å². The number of ketones is 1. The minimum atomic E-state index is -0.346. The summed E-state index contributed by atoms with van der Waals surface area (Å²) in [7, 11) is 3.12. The van der Waals surface area contributed by atoms with E-state index in [2.05, 4.69) is 0 Å². The number of allylic oxidation sites excluding steroid dienone is 3. The fraction of sp³-hybridized carbons (Fsp3) is 0.100. The number of Topliss-reactive ketones (excluding diaryl/α,β-unsaturated/α-hetero) is 1. The highest BCUT2D eigenvalue weighted by Crippen LogP contribution is 2.19. The molecule has 0 spiro atoms. The van der Waals surface area contributed by atoms with E-state index >= 15 is 0 Å². The van der Waals surface area contributed by atoms with Gasteiger partial charge in [-0.15, -0.1) is 0 Å². The molecule has 0 aliphatic heterocycles. The monoisotopic (exact) mass is 319 g/mol. The quantitative estimate of drug-likeness (QED) is 0.349. The molecule has 0 unspecified atom stereocenters. The molecule has 0 N–H and O–H groups in total. The van der Waals surface area contributed by atoms with Gasteiger partial charge in [-0.3, -0.25) is 4.79 Å². The molecule has 0 aliphatic rings. The lowest BCUT2D eigenvalue weighted by Crippen LogP contribution is -2.02. The minimum Gasteiger partial charge on any atom is -0.497 e. The van der Waals surface area contributed by atoms with E-state index in [-0.39, 0.29) is 11.4 Å². The first-order valence-corrected chi connectivity index (χ1v) is 7.30. The minimum absolute atomic E-state index is 0.0504. The summed E-state index contributed by atoms with van der Waals surface area (Å²) >= 11 is 0. The van der Waals surface area contributed by atoms with Crippen molar-refractivity contribution in [2.24, 2.45) is 0 Å². The molecule has 24 heavy (non-hydrogen) atoms. The summed E-state index contributed by atoms with van der Waals surface area (Å²) in [6, 6.07) is 16.2. The molecule has 2 aromatic carbocycles. The van der Waals surface area contributed by atoms with Crippen molar-refractivity contribution in [2.45, 2.75) is 0 Å². The Hall–Kier alpha value is -3.32. The first kappa shape index (κ1) is 17.0. The SMILES string of the molecule is COc1cccc(C(=O)/C(C#N)=C/C=C/c2ccccc2OC)c1. The Morgan fingerprint density at radius 3 is 2.58 bits per heavy atom. The number of hydrogen-bond donors (Lipinski definition) is 0. The molecule has 4 nitrogen and oxygen atoms in total. The van der Waals surface area contributed by atoms with Crippen LogP contribution in [-0.2, 0) is 0 Å². The second-order valence-electron chi connectivity index (χ2n) is 4.85. The molecule has 0 aromatic heterocycles. The van der Waals surface area contributed by atoms with Gasteiger partial charge in [0.25, 0.3) is 0 Å². The van der Waals surface area contributed by atoms with Crippen LogP contribution in [0, 0.1) is 11.3 Å². The van der Waals surface area contributed by atoms with E-state index in [1.165, 1.54) is 13.2 Å². The Morgan fingerprint density at radius 1 is 1.08 bits per heavy atom. The van der Waals surface area contributed by atoms with Gasteiger partial charge in [0, 0.05) is 11.1 Å². The Kier molecular flexibility index (Phi) is 5.93. The predicted octanol–water partition coefficient (Wildman–Crippen LogP) is 4.05. The lowest BCUT2D eigenvalue weighted by molar-refractivity contribution is 0.103. The average Bonchev–Trinajstić information content (AvgIpc) is 2.65. The highest BCUT2D eigenvalue weighted by Gasteiger charge is 2.11. The zero-order chi connectivity index (χ0) is 17.4. The van der Waals surface area contributed by atoms with Crippen LogP contribution in [-0.4, -0.2) is 20.0 Å². The third-order valence-electron chi connectivity index (χ3n) is 3.37. The summed E-state index contributed by atoms with van der Waals surface area (Å²) in [5.74, 6) is 0.948. The number of rotatable bonds is 6. The molecule has 0 fully saturated rings. The Bertz CT molecular complexity index is 829. The second-order valence-corrected chi connectivity index (χ2v) is 4.85. The van der Waals surface area contributed by atoms with Crippen LogP contribution in [0.25, 0.3) is 6.08 Å². The predicted molar refractivity (Wildman–Crippen MR) is 93.0 cm³/mol. The third-order valence-corrected chi connectivity index (χ3v) is 3.37. The van der Waals surface area contributed by atoms with E-state index in [4.69, 9.17) is 9.47 Å². The van der Waals surface area contributed by atoms with Crippen molar-refractivity contribution >= 4 is 11.9 Å². The summed E-state index contributed by atoms with van der Waals surface area (Å²) in [4.78, 5) is 12.4. The second kappa shape index (κ2) is 8.35. The molecule has 120 valence electrons. The van der Waals surface area contributed by atoms with Crippen molar-refractivity contribution in [3.63, 3.8) is 0 Å². The van der Waals surface area contributed by atoms with Gasteiger partial charge in [-0.05, 0) is 24.3 Å². The van der Waals surface area contributed by atoms with Gasteiger partial charge in [0.05, 0.1) is 19.8 Å². The number of nitrogens with zero attached hydrogens (tertiary/aromatic N) is 1. The molecule has 0 atom stereocenters. The summed E-state index contributed by atoms with van der Waals surface area (Å²) in [5.41, 5.74) is 1.32. The normalized spacial score (nSPS) is 11.1. The van der Waals surface area contributed by atoms with Gasteiger partial charge in [0.15, 0.2) is 0 Å². The van der Waals surface area contributed by atoms with Crippen molar-refractivity contribution in [1.82, 2.24) is 0 Å². The Labute approximate surface area is 141 Å². The van der Waals surface area contributed by atoms with Gasteiger partial charge in [0.1, 0.15) is 17.6 Å². The fourth-order valence-electron chi connectivity index (χ4n) is 2.14. The molecule has 0 heterocycles. The molecule has 2 rings (SSSR count). The summed E-state index contributed by atoms with van der Waals surface area (Å²) in [5, 5.41) is 9.25. The van der Waals surface area contributed by atoms with E-state index in [1.807, 2.05) is 30.3 Å². The molecule has 0 amide bonds. The van der Waals surface area contributed by atoms with Crippen LogP contribution in [0.15, 0.2) is 66.3 Å². The standard InChI is InChI=1S/C20H17NO3/c1-23-18-11-6-9-16(13-18)20(22)17(14-21)10-5-8-15-7-3-4-12-19(15)24-2/h3-13H,1-2H3/b8-5+,17-10+. The number of para-hydroxylation sites is 1. The highest BCUT2D eigenvalue weighted by molar-refractivity contribution is 6.11. The van der Waals surface area contributed by atoms with Gasteiger partial charge in [-0.2, -0.15) is 5.26 Å². The van der Waals surface area contributed by atoms with Crippen LogP contribution in [0.1, 0.15) is 15.9 Å². The number of benzene rings is 2. The Morgan fingerprint density at radius 2 is 1.88 bits per heavy atom. The molecule has 0 saturated carbocycles. The van der Waals surface area contributed by atoms with E-state index in [0.29, 0.717) is 11.3 Å². The van der Waals surface area contributed by atoms with E-state index < -0.39 is 0 Å². The molecule has 0 radical (unpaired) electrons. The maximum atomic E-state index is 12.4. The molecule has 0 aliphatic carbocycles. The molecule has 0 saturated heterocycles. The van der Waals surface area contributed by atoms with Gasteiger partial charge in [-0.25, -0.2) is 0 Å². The van der Waals surface area contributed by atoms with Crippen molar-refractivity contribution in [1.29, 1.82) is 5.26 Å². The van der Waals surface area contributed by atoms with E-state index in [9.17, 15) is 10.1 Å². The largest absolute Gasteiger partial charge is 0.497 e. The number of hydrogen-bond acceptors (Lipinski definition) is 4. The van der Waals surface area contributed by atoms with Crippen LogP contribution in [0.4, 0.5) is 0 Å². The first-order valence-electron chi connectivity index (χ1n) is 7.30. The maximum absolute atomic E-state index is 12.4. The molecular weight excluding hydrogens is 302 g/mol. The zero-order valence-corrected chi connectivity index (χ0v) is 13.5. The average molecular weight is 319 g/mol. The van der Waals surface area contributed by atoms with E-state index in [0.717, 1.165) is 11.3 Å². The maximum Gasteiger partial charge on any atom is 0.203 e. The number of carbonyl (C=O) groups is 1. The molecular formula is C20H17NO3.